The predicted octanol–water partition coefficient (Wildman–Crippen LogP) is 3.56. The molecule has 19 heavy (non-hydrogen) atoms. The molecule has 1 aromatic rings. The zero-order valence-electron chi connectivity index (χ0n) is 12.0. The summed E-state index contributed by atoms with van der Waals surface area (Å²) in [6, 6.07) is 7.94. The second-order valence-electron chi connectivity index (χ2n) is 5.95. The van der Waals surface area contributed by atoms with Crippen LogP contribution in [0.25, 0.3) is 0 Å². The van der Waals surface area contributed by atoms with Crippen molar-refractivity contribution in [3.63, 3.8) is 0 Å². The van der Waals surface area contributed by atoms with Gasteiger partial charge in [-0.05, 0) is 29.4 Å². The lowest BCUT2D eigenvalue weighted by molar-refractivity contribution is -0.139. The molecule has 3 heteroatoms. The molecule has 0 aliphatic heterocycles. The Morgan fingerprint density at radius 3 is 2.32 bits per heavy atom. The Morgan fingerprint density at radius 1 is 1.26 bits per heavy atom. The normalized spacial score (nSPS) is 13.3. The molecular weight excluding hydrogens is 240 g/mol. The highest BCUT2D eigenvalue weighted by atomic mass is 16.4. The first-order valence-corrected chi connectivity index (χ1v) is 6.83. The van der Waals surface area contributed by atoms with Crippen LogP contribution in [0.2, 0.25) is 0 Å². The van der Waals surface area contributed by atoms with E-state index in [0.29, 0.717) is 6.42 Å². The maximum Gasteiger partial charge on any atom is 0.303 e. The summed E-state index contributed by atoms with van der Waals surface area (Å²) in [5.74, 6) is -0.824. The number of hydrogen-bond donors (Lipinski definition) is 2. The van der Waals surface area contributed by atoms with Crippen LogP contribution < -0.4 is 0 Å². The van der Waals surface area contributed by atoms with Gasteiger partial charge in [-0.2, -0.15) is 0 Å². The molecule has 0 aliphatic carbocycles. The number of rotatable bonds is 7. The molecule has 0 amide bonds. The van der Waals surface area contributed by atoms with Crippen LogP contribution in [0.1, 0.15) is 57.3 Å². The van der Waals surface area contributed by atoms with E-state index in [0.717, 1.165) is 18.4 Å². The molecular formula is C16H24O3. The molecule has 1 unspecified atom stereocenters. The minimum absolute atomic E-state index is 0.0674. The molecule has 1 atom stereocenters. The predicted molar refractivity (Wildman–Crippen MR) is 76.0 cm³/mol. The first-order chi connectivity index (χ1) is 8.84. The summed E-state index contributed by atoms with van der Waals surface area (Å²) in [5, 5.41) is 19.0. The standard InChI is InChI=1S/C16H24O3/c1-4-5-12-6-8-13(9-7-12)14(17)10-16(2,3)11-15(18)19/h6-9,14,17H,4-5,10-11H2,1-3H3,(H,18,19). The number of carboxylic acid groups (broad SMARTS) is 1. The summed E-state index contributed by atoms with van der Waals surface area (Å²) in [6.07, 6.45) is 2.06. The van der Waals surface area contributed by atoms with Crippen molar-refractivity contribution >= 4 is 5.97 Å². The molecule has 2 N–H and O–H groups in total. The first-order valence-electron chi connectivity index (χ1n) is 6.83. The van der Waals surface area contributed by atoms with Crippen molar-refractivity contribution in [2.24, 2.45) is 5.41 Å². The van der Waals surface area contributed by atoms with E-state index in [9.17, 15) is 9.90 Å². The van der Waals surface area contributed by atoms with E-state index in [-0.39, 0.29) is 6.42 Å². The molecule has 0 saturated heterocycles. The molecule has 0 aliphatic rings. The average Bonchev–Trinajstić information content (AvgIpc) is 2.27. The van der Waals surface area contributed by atoms with E-state index >= 15 is 0 Å². The van der Waals surface area contributed by atoms with Gasteiger partial charge in [-0.15, -0.1) is 0 Å². The number of benzene rings is 1. The van der Waals surface area contributed by atoms with Crippen molar-refractivity contribution < 1.29 is 15.0 Å². The van der Waals surface area contributed by atoms with Gasteiger partial charge in [0, 0.05) is 0 Å². The van der Waals surface area contributed by atoms with Crippen molar-refractivity contribution in [3.05, 3.63) is 35.4 Å². The molecule has 0 aromatic heterocycles. The van der Waals surface area contributed by atoms with Gasteiger partial charge in [-0.1, -0.05) is 51.5 Å². The van der Waals surface area contributed by atoms with Gasteiger partial charge in [0.25, 0.3) is 0 Å². The van der Waals surface area contributed by atoms with E-state index in [1.165, 1.54) is 5.56 Å². The van der Waals surface area contributed by atoms with E-state index in [2.05, 4.69) is 6.92 Å². The number of aliphatic hydroxyl groups is 1. The Morgan fingerprint density at radius 2 is 1.84 bits per heavy atom. The smallest absolute Gasteiger partial charge is 0.303 e. The lowest BCUT2D eigenvalue weighted by Gasteiger charge is -2.25. The van der Waals surface area contributed by atoms with Gasteiger partial charge in [0.2, 0.25) is 0 Å². The first kappa shape index (κ1) is 15.7. The molecule has 0 fully saturated rings. The number of hydrogen-bond acceptors (Lipinski definition) is 2. The maximum absolute atomic E-state index is 10.8. The average molecular weight is 264 g/mol. The summed E-state index contributed by atoms with van der Waals surface area (Å²) in [4.78, 5) is 10.8. The molecule has 0 bridgehead atoms. The highest BCUT2D eigenvalue weighted by Gasteiger charge is 2.25. The van der Waals surface area contributed by atoms with Crippen LogP contribution in [0.4, 0.5) is 0 Å². The third-order valence-electron chi connectivity index (χ3n) is 3.28. The maximum atomic E-state index is 10.8. The number of carbonyl (C=O) groups is 1. The highest BCUT2D eigenvalue weighted by Crippen LogP contribution is 2.32. The largest absolute Gasteiger partial charge is 0.481 e. The van der Waals surface area contributed by atoms with E-state index < -0.39 is 17.5 Å². The van der Waals surface area contributed by atoms with Crippen LogP contribution >= 0.6 is 0 Å². The van der Waals surface area contributed by atoms with Gasteiger partial charge in [0.05, 0.1) is 12.5 Å². The molecule has 0 saturated carbocycles. The summed E-state index contributed by atoms with van der Waals surface area (Å²) in [5.41, 5.74) is 1.72. The Kier molecular flexibility index (Phi) is 5.55. The van der Waals surface area contributed by atoms with Crippen LogP contribution in [-0.2, 0) is 11.2 Å². The van der Waals surface area contributed by atoms with Crippen molar-refractivity contribution in [2.45, 2.75) is 52.6 Å². The minimum atomic E-state index is -0.824. The van der Waals surface area contributed by atoms with Gasteiger partial charge in [-0.3, -0.25) is 4.79 Å². The van der Waals surface area contributed by atoms with Crippen LogP contribution in [0.5, 0.6) is 0 Å². The van der Waals surface area contributed by atoms with E-state index in [1.54, 1.807) is 0 Å². The Balaban J connectivity index is 2.66. The van der Waals surface area contributed by atoms with Crippen molar-refractivity contribution in [3.8, 4) is 0 Å². The van der Waals surface area contributed by atoms with E-state index in [4.69, 9.17) is 5.11 Å². The molecule has 0 spiro atoms. The second-order valence-corrected chi connectivity index (χ2v) is 5.95. The quantitative estimate of drug-likeness (QED) is 0.791. The van der Waals surface area contributed by atoms with Gasteiger partial charge >= 0.3 is 5.97 Å². The Bertz CT molecular complexity index is 407. The summed E-state index contributed by atoms with van der Waals surface area (Å²) in [7, 11) is 0. The molecule has 0 heterocycles. The number of aliphatic carboxylic acids is 1. The minimum Gasteiger partial charge on any atom is -0.481 e. The zero-order chi connectivity index (χ0) is 14.5. The highest BCUT2D eigenvalue weighted by molar-refractivity contribution is 5.67. The van der Waals surface area contributed by atoms with Gasteiger partial charge in [0.15, 0.2) is 0 Å². The van der Waals surface area contributed by atoms with Crippen LogP contribution in [0, 0.1) is 5.41 Å². The van der Waals surface area contributed by atoms with E-state index in [1.807, 2.05) is 38.1 Å². The lowest BCUT2D eigenvalue weighted by Crippen LogP contribution is -2.20. The zero-order valence-corrected chi connectivity index (χ0v) is 12.0. The lowest BCUT2D eigenvalue weighted by atomic mass is 9.82. The van der Waals surface area contributed by atoms with Crippen molar-refractivity contribution in [1.29, 1.82) is 0 Å². The Hall–Kier alpha value is -1.35. The summed E-state index contributed by atoms with van der Waals surface area (Å²) in [6.45, 7) is 5.88. The van der Waals surface area contributed by atoms with Crippen molar-refractivity contribution in [2.75, 3.05) is 0 Å². The second kappa shape index (κ2) is 6.71. The monoisotopic (exact) mass is 264 g/mol. The van der Waals surface area contributed by atoms with Gasteiger partial charge in [0.1, 0.15) is 0 Å². The third kappa shape index (κ3) is 5.43. The van der Waals surface area contributed by atoms with Gasteiger partial charge in [-0.25, -0.2) is 0 Å². The molecule has 1 rings (SSSR count). The fourth-order valence-corrected chi connectivity index (χ4v) is 2.32. The SMILES string of the molecule is CCCc1ccc(C(O)CC(C)(C)CC(=O)O)cc1. The van der Waals surface area contributed by atoms with Crippen molar-refractivity contribution in [1.82, 2.24) is 0 Å². The summed E-state index contributed by atoms with van der Waals surface area (Å²) < 4.78 is 0. The van der Waals surface area contributed by atoms with Crippen LogP contribution in [0.3, 0.4) is 0 Å². The number of aryl methyl sites for hydroxylation is 1. The summed E-state index contributed by atoms with van der Waals surface area (Å²) >= 11 is 0. The molecule has 1 aromatic carbocycles. The fraction of sp³-hybridized carbons (Fsp3) is 0.562. The Labute approximate surface area is 115 Å². The number of aliphatic hydroxyl groups excluding tert-OH is 1. The number of carboxylic acids is 1. The molecule has 106 valence electrons. The van der Waals surface area contributed by atoms with Crippen LogP contribution in [-0.4, -0.2) is 16.2 Å². The molecule has 3 nitrogen and oxygen atoms in total. The topological polar surface area (TPSA) is 57.5 Å². The van der Waals surface area contributed by atoms with Crippen LogP contribution in [0.15, 0.2) is 24.3 Å². The third-order valence-corrected chi connectivity index (χ3v) is 3.28. The molecule has 0 radical (unpaired) electrons. The fourth-order valence-electron chi connectivity index (χ4n) is 2.32. The van der Waals surface area contributed by atoms with Gasteiger partial charge < -0.3 is 10.2 Å².